The van der Waals surface area contributed by atoms with Crippen LogP contribution in [-0.4, -0.2) is 13.0 Å². The van der Waals surface area contributed by atoms with Crippen molar-refractivity contribution in [2.75, 3.05) is 0 Å². The molecule has 3 nitrogen and oxygen atoms in total. The van der Waals surface area contributed by atoms with E-state index >= 15 is 0 Å². The Morgan fingerprint density at radius 3 is 2.33 bits per heavy atom. The Morgan fingerprint density at radius 2 is 1.78 bits per heavy atom. The maximum atomic E-state index is 11.7. The quantitative estimate of drug-likeness (QED) is 0.866. The van der Waals surface area contributed by atoms with Crippen molar-refractivity contribution >= 4 is 20.9 Å². The number of hydrogen-bond donors (Lipinski definition) is 1. The smallest absolute Gasteiger partial charge is 0.282 e. The van der Waals surface area contributed by atoms with Gasteiger partial charge in [-0.15, -0.1) is 0 Å². The first-order valence-electron chi connectivity index (χ1n) is 6.00. The minimum atomic E-state index is -4.20. The van der Waals surface area contributed by atoms with Gasteiger partial charge in [-0.05, 0) is 29.4 Å². The van der Waals surface area contributed by atoms with E-state index in [1.54, 1.807) is 12.1 Å². The predicted octanol–water partition coefficient (Wildman–Crippen LogP) is 3.21. The average molecular weight is 264 g/mol. The van der Waals surface area contributed by atoms with Crippen LogP contribution in [0.1, 0.15) is 25.0 Å². The van der Waals surface area contributed by atoms with Crippen LogP contribution >= 0.6 is 0 Å². The summed E-state index contributed by atoms with van der Waals surface area (Å²) in [7, 11) is -4.20. The van der Waals surface area contributed by atoms with Gasteiger partial charge in [0.1, 0.15) is 4.90 Å². The lowest BCUT2D eigenvalue weighted by atomic mass is 9.97. The van der Waals surface area contributed by atoms with Gasteiger partial charge in [-0.1, -0.05) is 44.2 Å². The second-order valence-electron chi connectivity index (χ2n) is 4.25. The van der Waals surface area contributed by atoms with Gasteiger partial charge in [-0.3, -0.25) is 4.55 Å². The molecule has 0 radical (unpaired) electrons. The van der Waals surface area contributed by atoms with E-state index in [9.17, 15) is 13.0 Å². The van der Waals surface area contributed by atoms with Crippen molar-refractivity contribution in [2.24, 2.45) is 0 Å². The van der Waals surface area contributed by atoms with Crippen LogP contribution in [0.25, 0.3) is 10.8 Å². The molecule has 18 heavy (non-hydrogen) atoms. The van der Waals surface area contributed by atoms with Gasteiger partial charge in [0, 0.05) is 5.39 Å². The highest BCUT2D eigenvalue weighted by Crippen LogP contribution is 2.30. The summed E-state index contributed by atoms with van der Waals surface area (Å²) in [4.78, 5) is 0.0694. The third kappa shape index (κ3) is 2.13. The average Bonchev–Trinajstić information content (AvgIpc) is 2.34. The van der Waals surface area contributed by atoms with E-state index in [2.05, 4.69) is 0 Å². The maximum absolute atomic E-state index is 11.7. The Bertz CT molecular complexity index is 687. The minimum absolute atomic E-state index is 0.0694. The van der Waals surface area contributed by atoms with Crippen LogP contribution in [0.5, 0.6) is 0 Å². The molecule has 0 fully saturated rings. The lowest BCUT2D eigenvalue weighted by molar-refractivity contribution is 0.483. The van der Waals surface area contributed by atoms with Gasteiger partial charge in [0.2, 0.25) is 0 Å². The Labute approximate surface area is 107 Å². The van der Waals surface area contributed by atoms with Crippen molar-refractivity contribution in [2.45, 2.75) is 31.6 Å². The lowest BCUT2D eigenvalue weighted by Crippen LogP contribution is -2.06. The second kappa shape index (κ2) is 4.71. The molecule has 2 aromatic rings. The monoisotopic (exact) mass is 264 g/mol. The fourth-order valence-corrected chi connectivity index (χ4v) is 3.46. The molecule has 0 spiro atoms. The summed E-state index contributed by atoms with van der Waals surface area (Å²) in [6.07, 6.45) is 1.33. The number of rotatable bonds is 3. The highest BCUT2D eigenvalue weighted by Gasteiger charge is 2.20. The summed E-state index contributed by atoms with van der Waals surface area (Å²) in [6, 6.07) is 9.24. The number of benzene rings is 2. The zero-order valence-electron chi connectivity index (χ0n) is 10.5. The molecule has 0 heterocycles. The van der Waals surface area contributed by atoms with Crippen LogP contribution in [0.4, 0.5) is 0 Å². The van der Waals surface area contributed by atoms with Gasteiger partial charge in [0.15, 0.2) is 0 Å². The van der Waals surface area contributed by atoms with Crippen LogP contribution in [0.2, 0.25) is 0 Å². The minimum Gasteiger partial charge on any atom is -0.282 e. The Morgan fingerprint density at radius 1 is 1.11 bits per heavy atom. The van der Waals surface area contributed by atoms with E-state index in [4.69, 9.17) is 0 Å². The van der Waals surface area contributed by atoms with E-state index in [0.717, 1.165) is 22.9 Å². The van der Waals surface area contributed by atoms with Gasteiger partial charge < -0.3 is 0 Å². The molecule has 0 saturated heterocycles. The lowest BCUT2D eigenvalue weighted by Gasteiger charge is -2.14. The molecule has 0 aliphatic carbocycles. The Kier molecular flexibility index (Phi) is 3.41. The van der Waals surface area contributed by atoms with Crippen LogP contribution in [0.3, 0.4) is 0 Å². The van der Waals surface area contributed by atoms with E-state index < -0.39 is 10.1 Å². The number of fused-ring (bicyclic) bond motifs is 1. The molecule has 0 atom stereocenters. The highest BCUT2D eigenvalue weighted by molar-refractivity contribution is 7.86. The molecule has 2 aromatic carbocycles. The predicted molar refractivity (Wildman–Crippen MR) is 72.5 cm³/mol. The molecule has 2 rings (SSSR count). The van der Waals surface area contributed by atoms with E-state index in [1.165, 1.54) is 0 Å². The van der Waals surface area contributed by atoms with E-state index in [-0.39, 0.29) is 4.90 Å². The van der Waals surface area contributed by atoms with Crippen molar-refractivity contribution in [1.82, 2.24) is 0 Å². The molecule has 0 unspecified atom stereocenters. The summed E-state index contributed by atoms with van der Waals surface area (Å²) in [6.45, 7) is 3.88. The summed E-state index contributed by atoms with van der Waals surface area (Å²) in [5, 5.41) is 1.44. The third-order valence-electron chi connectivity index (χ3n) is 3.19. The Balaban J connectivity index is 3.01. The first-order valence-corrected chi connectivity index (χ1v) is 7.44. The molecule has 96 valence electrons. The molecular weight excluding hydrogens is 248 g/mol. The van der Waals surface area contributed by atoms with Gasteiger partial charge in [-0.2, -0.15) is 8.42 Å². The largest absolute Gasteiger partial charge is 0.295 e. The second-order valence-corrected chi connectivity index (χ2v) is 5.61. The molecule has 0 saturated carbocycles. The van der Waals surface area contributed by atoms with Gasteiger partial charge in [0.25, 0.3) is 10.1 Å². The highest BCUT2D eigenvalue weighted by atomic mass is 32.2. The number of aryl methyl sites for hydroxylation is 1. The zero-order chi connectivity index (χ0) is 13.3. The van der Waals surface area contributed by atoms with Crippen LogP contribution in [0.15, 0.2) is 35.2 Å². The molecule has 1 N–H and O–H groups in total. The van der Waals surface area contributed by atoms with Crippen LogP contribution < -0.4 is 0 Å². The van der Waals surface area contributed by atoms with Crippen LogP contribution in [-0.2, 0) is 23.0 Å². The molecule has 0 amide bonds. The summed E-state index contributed by atoms with van der Waals surface area (Å²) in [5.41, 5.74) is 1.70. The molecule has 0 bridgehead atoms. The summed E-state index contributed by atoms with van der Waals surface area (Å²) in [5.74, 6) is 0. The topological polar surface area (TPSA) is 54.4 Å². The molecular formula is C14H16O3S. The fraction of sp³-hybridized carbons (Fsp3) is 0.286. The van der Waals surface area contributed by atoms with Crippen molar-refractivity contribution in [3.05, 3.63) is 41.5 Å². The molecule has 0 aliphatic rings. The first-order chi connectivity index (χ1) is 8.49. The van der Waals surface area contributed by atoms with Crippen molar-refractivity contribution in [3.63, 3.8) is 0 Å². The summed E-state index contributed by atoms with van der Waals surface area (Å²) < 4.78 is 32.8. The Hall–Kier alpha value is -1.39. The van der Waals surface area contributed by atoms with Crippen molar-refractivity contribution in [3.8, 4) is 0 Å². The van der Waals surface area contributed by atoms with Gasteiger partial charge in [0.05, 0.1) is 0 Å². The molecule has 0 aliphatic heterocycles. The van der Waals surface area contributed by atoms with Crippen molar-refractivity contribution < 1.29 is 13.0 Å². The van der Waals surface area contributed by atoms with Gasteiger partial charge in [-0.25, -0.2) is 0 Å². The maximum Gasteiger partial charge on any atom is 0.295 e. The SMILES string of the molecule is CCc1cc2ccccc2c(S(=O)(=O)O)c1CC. The van der Waals surface area contributed by atoms with E-state index in [1.807, 2.05) is 32.0 Å². The third-order valence-corrected chi connectivity index (χ3v) is 4.17. The van der Waals surface area contributed by atoms with E-state index in [0.29, 0.717) is 11.8 Å². The first kappa shape index (κ1) is 13.1. The molecule has 4 heteroatoms. The van der Waals surface area contributed by atoms with Crippen molar-refractivity contribution in [1.29, 1.82) is 0 Å². The normalized spacial score (nSPS) is 11.9. The standard InChI is InChI=1S/C14H16O3S/c1-3-10-9-11-7-5-6-8-13(11)14(12(10)4-2)18(15,16)17/h5-9H,3-4H2,1-2H3,(H,15,16,17). The van der Waals surface area contributed by atoms with Crippen LogP contribution in [0, 0.1) is 0 Å². The summed E-state index contributed by atoms with van der Waals surface area (Å²) >= 11 is 0. The zero-order valence-corrected chi connectivity index (χ0v) is 11.3. The van der Waals surface area contributed by atoms with Gasteiger partial charge >= 0.3 is 0 Å². The number of hydrogen-bond acceptors (Lipinski definition) is 2. The molecule has 0 aromatic heterocycles. The fourth-order valence-electron chi connectivity index (χ4n) is 2.41.